The molecule has 0 aliphatic carbocycles. The number of carbonyl (C=O) groups is 2. The molecule has 0 saturated carbocycles. The third-order valence-corrected chi connectivity index (χ3v) is 5.11. The van der Waals surface area contributed by atoms with Crippen LogP contribution in [0.3, 0.4) is 0 Å². The molecule has 0 unspecified atom stereocenters. The van der Waals surface area contributed by atoms with E-state index in [2.05, 4.69) is 0 Å². The third kappa shape index (κ3) is 2.40. The number of piperidine rings is 1. The highest BCUT2D eigenvalue weighted by atomic mass is 16.5. The third-order valence-electron chi connectivity index (χ3n) is 5.11. The van der Waals surface area contributed by atoms with Crippen molar-refractivity contribution in [2.75, 3.05) is 13.1 Å². The highest BCUT2D eigenvalue weighted by molar-refractivity contribution is 6.01. The summed E-state index contributed by atoms with van der Waals surface area (Å²) >= 11 is 0. The maximum atomic E-state index is 12.5. The van der Waals surface area contributed by atoms with Crippen LogP contribution in [-0.2, 0) is 4.79 Å². The Morgan fingerprint density at radius 2 is 1.95 bits per heavy atom. The number of ketones is 1. The molecule has 4 nitrogen and oxygen atoms in total. The Balaban J connectivity index is 1.85. The van der Waals surface area contributed by atoms with Gasteiger partial charge in [-0.25, -0.2) is 0 Å². The van der Waals surface area contributed by atoms with E-state index in [1.54, 1.807) is 0 Å². The molecule has 0 radical (unpaired) electrons. The number of benzene rings is 1. The van der Waals surface area contributed by atoms with Gasteiger partial charge in [0.1, 0.15) is 11.4 Å². The van der Waals surface area contributed by atoms with Gasteiger partial charge in [-0.05, 0) is 31.0 Å². The Morgan fingerprint density at radius 3 is 2.59 bits per heavy atom. The van der Waals surface area contributed by atoms with Gasteiger partial charge >= 0.3 is 0 Å². The summed E-state index contributed by atoms with van der Waals surface area (Å²) in [4.78, 5) is 26.2. The number of hydrogen-bond acceptors (Lipinski definition) is 3. The minimum Gasteiger partial charge on any atom is -0.486 e. The Hall–Kier alpha value is -1.84. The Labute approximate surface area is 131 Å². The zero-order valence-corrected chi connectivity index (χ0v) is 13.6. The largest absolute Gasteiger partial charge is 0.486 e. The molecule has 0 atom stereocenters. The molecule has 3 rings (SSSR count). The Bertz CT molecular complexity index is 627. The predicted octanol–water partition coefficient (Wildman–Crippen LogP) is 3.04. The lowest BCUT2D eigenvalue weighted by molar-refractivity contribution is -0.134. The molecule has 0 aromatic heterocycles. The number of rotatable bonds is 1. The van der Waals surface area contributed by atoms with Crippen LogP contribution in [0.1, 0.15) is 54.1 Å². The first-order valence-corrected chi connectivity index (χ1v) is 8.06. The van der Waals surface area contributed by atoms with Crippen molar-refractivity contribution in [2.45, 2.75) is 52.1 Å². The average Bonchev–Trinajstić information content (AvgIpc) is 2.51. The van der Waals surface area contributed by atoms with E-state index < -0.39 is 5.60 Å². The molecule has 2 aliphatic rings. The normalized spacial score (nSPS) is 19.8. The summed E-state index contributed by atoms with van der Waals surface area (Å²) in [6, 6.07) is 3.86. The Morgan fingerprint density at radius 1 is 1.27 bits per heavy atom. The monoisotopic (exact) mass is 301 g/mol. The maximum Gasteiger partial charge on any atom is 0.222 e. The fraction of sp³-hybridized carbons (Fsp3) is 0.556. The van der Waals surface area contributed by atoms with Crippen LogP contribution in [0, 0.1) is 13.8 Å². The van der Waals surface area contributed by atoms with Gasteiger partial charge in [0.15, 0.2) is 5.78 Å². The zero-order chi connectivity index (χ0) is 15.9. The fourth-order valence-electron chi connectivity index (χ4n) is 3.45. The van der Waals surface area contributed by atoms with Gasteiger partial charge < -0.3 is 9.64 Å². The SMILES string of the molecule is CCC(=O)N1CCC2(CC1)CC(=O)c1ccc(C)c(C)c1O2. The molecule has 1 aromatic rings. The maximum absolute atomic E-state index is 12.5. The summed E-state index contributed by atoms with van der Waals surface area (Å²) < 4.78 is 6.35. The van der Waals surface area contributed by atoms with Crippen molar-refractivity contribution in [3.63, 3.8) is 0 Å². The van der Waals surface area contributed by atoms with E-state index in [-0.39, 0.29) is 11.7 Å². The molecule has 118 valence electrons. The molecule has 2 aliphatic heterocycles. The number of hydrogen-bond donors (Lipinski definition) is 0. The topological polar surface area (TPSA) is 46.6 Å². The minimum atomic E-state index is -0.423. The number of aryl methyl sites for hydroxylation is 1. The van der Waals surface area contributed by atoms with Crippen molar-refractivity contribution in [1.29, 1.82) is 0 Å². The summed E-state index contributed by atoms with van der Waals surface area (Å²) in [7, 11) is 0. The van der Waals surface area contributed by atoms with Crippen LogP contribution >= 0.6 is 0 Å². The smallest absolute Gasteiger partial charge is 0.222 e. The van der Waals surface area contributed by atoms with Gasteiger partial charge in [-0.1, -0.05) is 13.0 Å². The Kier molecular flexibility index (Phi) is 3.71. The van der Waals surface area contributed by atoms with Gasteiger partial charge in [0.05, 0.1) is 12.0 Å². The van der Waals surface area contributed by atoms with E-state index in [0.29, 0.717) is 31.5 Å². The quantitative estimate of drug-likeness (QED) is 0.801. The number of amides is 1. The van der Waals surface area contributed by atoms with Gasteiger partial charge in [-0.15, -0.1) is 0 Å². The second-order valence-electron chi connectivity index (χ2n) is 6.50. The molecule has 2 heterocycles. The second kappa shape index (κ2) is 5.41. The highest BCUT2D eigenvalue weighted by Crippen LogP contribution is 2.41. The van der Waals surface area contributed by atoms with Crippen molar-refractivity contribution in [1.82, 2.24) is 4.90 Å². The minimum absolute atomic E-state index is 0.166. The van der Waals surface area contributed by atoms with Gasteiger partial charge in [-0.2, -0.15) is 0 Å². The number of ether oxygens (including phenoxy) is 1. The molecule has 1 spiro atoms. The van der Waals surface area contributed by atoms with Crippen LogP contribution in [0.15, 0.2) is 12.1 Å². The lowest BCUT2D eigenvalue weighted by Gasteiger charge is -2.44. The standard InChI is InChI=1S/C18H23NO3/c1-4-16(21)19-9-7-18(8-10-19)11-15(20)14-6-5-12(2)13(3)17(14)22-18/h5-6H,4,7-11H2,1-3H3. The molecule has 1 saturated heterocycles. The van der Waals surface area contributed by atoms with Crippen LogP contribution < -0.4 is 4.74 Å². The van der Waals surface area contributed by atoms with E-state index in [1.807, 2.05) is 37.8 Å². The molecule has 0 bridgehead atoms. The summed E-state index contributed by atoms with van der Waals surface area (Å²) in [6.07, 6.45) is 2.43. The summed E-state index contributed by atoms with van der Waals surface area (Å²) in [5, 5.41) is 0. The first kappa shape index (κ1) is 15.1. The van der Waals surface area contributed by atoms with Crippen LogP contribution in [-0.4, -0.2) is 35.3 Å². The van der Waals surface area contributed by atoms with E-state index in [1.165, 1.54) is 0 Å². The highest BCUT2D eigenvalue weighted by Gasteiger charge is 2.44. The average molecular weight is 301 g/mol. The molecule has 0 N–H and O–H groups in total. The zero-order valence-electron chi connectivity index (χ0n) is 13.6. The van der Waals surface area contributed by atoms with Crippen LogP contribution in [0.2, 0.25) is 0 Å². The molecule has 1 aromatic carbocycles. The van der Waals surface area contributed by atoms with E-state index >= 15 is 0 Å². The van der Waals surface area contributed by atoms with Crippen LogP contribution in [0.4, 0.5) is 0 Å². The lowest BCUT2D eigenvalue weighted by Crippen LogP contribution is -2.52. The summed E-state index contributed by atoms with van der Waals surface area (Å²) in [5.74, 6) is 1.11. The van der Waals surface area contributed by atoms with Gasteiger partial charge in [0, 0.05) is 32.4 Å². The van der Waals surface area contributed by atoms with E-state index in [9.17, 15) is 9.59 Å². The van der Waals surface area contributed by atoms with Crippen LogP contribution in [0.5, 0.6) is 5.75 Å². The molecule has 1 amide bonds. The molecular weight excluding hydrogens is 278 g/mol. The van der Waals surface area contributed by atoms with Crippen LogP contribution in [0.25, 0.3) is 0 Å². The fourth-order valence-corrected chi connectivity index (χ4v) is 3.45. The van der Waals surface area contributed by atoms with Crippen molar-refractivity contribution in [3.05, 3.63) is 28.8 Å². The van der Waals surface area contributed by atoms with Gasteiger partial charge in [0.25, 0.3) is 0 Å². The first-order valence-electron chi connectivity index (χ1n) is 8.06. The number of likely N-dealkylation sites (tertiary alicyclic amines) is 1. The molecule has 4 heteroatoms. The molecule has 22 heavy (non-hydrogen) atoms. The van der Waals surface area contributed by atoms with Crippen molar-refractivity contribution < 1.29 is 14.3 Å². The summed E-state index contributed by atoms with van der Waals surface area (Å²) in [5.41, 5.74) is 2.48. The molecular formula is C18H23NO3. The first-order chi connectivity index (χ1) is 10.5. The van der Waals surface area contributed by atoms with Crippen molar-refractivity contribution in [3.8, 4) is 5.75 Å². The number of nitrogens with zero attached hydrogens (tertiary/aromatic N) is 1. The van der Waals surface area contributed by atoms with E-state index in [0.717, 1.165) is 29.7 Å². The number of fused-ring (bicyclic) bond motifs is 1. The van der Waals surface area contributed by atoms with Gasteiger partial charge in [0.2, 0.25) is 5.91 Å². The molecule has 1 fully saturated rings. The second-order valence-corrected chi connectivity index (χ2v) is 6.50. The predicted molar refractivity (Wildman–Crippen MR) is 84.3 cm³/mol. The van der Waals surface area contributed by atoms with Gasteiger partial charge in [-0.3, -0.25) is 9.59 Å². The lowest BCUT2D eigenvalue weighted by atomic mass is 9.81. The summed E-state index contributed by atoms with van der Waals surface area (Å²) in [6.45, 7) is 7.29. The van der Waals surface area contributed by atoms with E-state index in [4.69, 9.17) is 4.74 Å². The van der Waals surface area contributed by atoms with Crippen molar-refractivity contribution >= 4 is 11.7 Å². The number of Topliss-reactive ketones (excluding diaryl/α,β-unsaturated/α-hetero) is 1. The van der Waals surface area contributed by atoms with Crippen molar-refractivity contribution in [2.24, 2.45) is 0 Å². The number of carbonyl (C=O) groups excluding carboxylic acids is 2.